The van der Waals surface area contributed by atoms with Crippen LogP contribution in [0.3, 0.4) is 0 Å². The second-order valence-corrected chi connectivity index (χ2v) is 9.75. The van der Waals surface area contributed by atoms with Gasteiger partial charge in [0.05, 0.1) is 10.9 Å². The Balaban J connectivity index is 1.85. The molecule has 1 atom stereocenters. The highest BCUT2D eigenvalue weighted by Gasteiger charge is 2.39. The standard InChI is InChI=1S/C22H23NOS2/c1-22(2)12-17-20(18(24)13-22)21(14-8-10-15(25-3)11-9-14)26-19-7-5-4-6-16(19)23-17/h4-11,21,23H,12-13H2,1-3H3. The number of fused-ring (bicyclic) bond motifs is 1. The number of thioether (sulfide) groups is 2. The van der Waals surface area contributed by atoms with Crippen molar-refractivity contribution in [2.24, 2.45) is 5.41 Å². The molecule has 1 heterocycles. The van der Waals surface area contributed by atoms with E-state index in [1.807, 2.05) is 0 Å². The fraction of sp³-hybridized carbons (Fsp3) is 0.318. The number of para-hydroxylation sites is 1. The molecule has 1 aliphatic heterocycles. The minimum atomic E-state index is 0.000124. The van der Waals surface area contributed by atoms with E-state index in [0.717, 1.165) is 23.4 Å². The van der Waals surface area contributed by atoms with Crippen LogP contribution in [0.4, 0.5) is 5.69 Å². The van der Waals surface area contributed by atoms with Crippen LogP contribution in [-0.4, -0.2) is 12.0 Å². The van der Waals surface area contributed by atoms with Gasteiger partial charge >= 0.3 is 0 Å². The molecule has 2 aromatic rings. The van der Waals surface area contributed by atoms with Crippen LogP contribution in [0.2, 0.25) is 0 Å². The van der Waals surface area contributed by atoms with Crippen molar-refractivity contribution < 1.29 is 4.79 Å². The number of nitrogens with one attached hydrogen (secondary N) is 1. The van der Waals surface area contributed by atoms with Gasteiger partial charge in [-0.05, 0) is 47.9 Å². The normalized spacial score (nSPS) is 21.5. The molecule has 2 aromatic carbocycles. The molecule has 4 rings (SSSR count). The van der Waals surface area contributed by atoms with Crippen molar-refractivity contribution in [3.63, 3.8) is 0 Å². The van der Waals surface area contributed by atoms with Crippen LogP contribution in [0.25, 0.3) is 0 Å². The molecule has 0 saturated carbocycles. The van der Waals surface area contributed by atoms with Crippen LogP contribution in [0.5, 0.6) is 0 Å². The van der Waals surface area contributed by atoms with Gasteiger partial charge in [-0.3, -0.25) is 4.79 Å². The van der Waals surface area contributed by atoms with Crippen molar-refractivity contribution >= 4 is 35.0 Å². The van der Waals surface area contributed by atoms with E-state index in [2.05, 4.69) is 74.0 Å². The lowest BCUT2D eigenvalue weighted by Gasteiger charge is -2.33. The van der Waals surface area contributed by atoms with Crippen LogP contribution in [0.1, 0.15) is 37.5 Å². The Kier molecular flexibility index (Phi) is 4.66. The highest BCUT2D eigenvalue weighted by atomic mass is 32.2. The molecule has 0 bridgehead atoms. The molecule has 4 heteroatoms. The van der Waals surface area contributed by atoms with E-state index in [0.29, 0.717) is 6.42 Å². The third kappa shape index (κ3) is 3.33. The smallest absolute Gasteiger partial charge is 0.162 e. The van der Waals surface area contributed by atoms with E-state index in [1.54, 1.807) is 23.5 Å². The van der Waals surface area contributed by atoms with E-state index < -0.39 is 0 Å². The Morgan fingerprint density at radius 1 is 1.08 bits per heavy atom. The summed E-state index contributed by atoms with van der Waals surface area (Å²) in [6.45, 7) is 4.37. The molecule has 0 radical (unpaired) electrons. The zero-order valence-electron chi connectivity index (χ0n) is 15.3. The Hall–Kier alpha value is -1.65. The summed E-state index contributed by atoms with van der Waals surface area (Å²) in [4.78, 5) is 15.6. The lowest BCUT2D eigenvalue weighted by atomic mass is 9.74. The predicted octanol–water partition coefficient (Wildman–Crippen LogP) is 6.31. The average molecular weight is 382 g/mol. The maximum Gasteiger partial charge on any atom is 0.162 e. The van der Waals surface area contributed by atoms with Gasteiger partial charge in [-0.2, -0.15) is 0 Å². The molecule has 0 amide bonds. The SMILES string of the molecule is CSc1ccc(C2Sc3ccccc3NC3=C2C(=O)CC(C)(C)C3)cc1. The monoisotopic (exact) mass is 381 g/mol. The third-order valence-electron chi connectivity index (χ3n) is 5.02. The number of hydrogen-bond acceptors (Lipinski definition) is 4. The Bertz CT molecular complexity index is 883. The predicted molar refractivity (Wildman–Crippen MR) is 112 cm³/mol. The maximum absolute atomic E-state index is 13.1. The third-order valence-corrected chi connectivity index (χ3v) is 7.12. The van der Waals surface area contributed by atoms with Gasteiger partial charge in [-0.25, -0.2) is 0 Å². The molecule has 0 spiro atoms. The number of carbonyl (C=O) groups excluding carboxylic acids is 1. The first-order valence-electron chi connectivity index (χ1n) is 8.90. The van der Waals surface area contributed by atoms with E-state index in [-0.39, 0.29) is 16.4 Å². The van der Waals surface area contributed by atoms with Gasteiger partial charge in [0.25, 0.3) is 0 Å². The van der Waals surface area contributed by atoms with Gasteiger partial charge in [-0.15, -0.1) is 23.5 Å². The largest absolute Gasteiger partial charge is 0.358 e. The number of anilines is 1. The van der Waals surface area contributed by atoms with Crippen LogP contribution in [-0.2, 0) is 4.79 Å². The van der Waals surface area contributed by atoms with Crippen LogP contribution in [0, 0.1) is 5.41 Å². The van der Waals surface area contributed by atoms with Crippen molar-refractivity contribution in [2.75, 3.05) is 11.6 Å². The highest BCUT2D eigenvalue weighted by molar-refractivity contribution is 8.00. The molecule has 26 heavy (non-hydrogen) atoms. The fourth-order valence-electron chi connectivity index (χ4n) is 3.78. The number of allylic oxidation sites excluding steroid dienone is 1. The summed E-state index contributed by atoms with van der Waals surface area (Å²) >= 11 is 3.53. The zero-order valence-corrected chi connectivity index (χ0v) is 17.0. The lowest BCUT2D eigenvalue weighted by Crippen LogP contribution is -2.29. The Labute approximate surface area is 163 Å². The number of Topliss-reactive ketones (excluding diaryl/α,β-unsaturated/α-hetero) is 1. The molecular formula is C22H23NOS2. The number of benzene rings is 2. The summed E-state index contributed by atoms with van der Waals surface area (Å²) in [5, 5.41) is 3.65. The second kappa shape index (κ2) is 6.82. The average Bonchev–Trinajstić information content (AvgIpc) is 2.77. The van der Waals surface area contributed by atoms with E-state index in [9.17, 15) is 4.79 Å². The van der Waals surface area contributed by atoms with Gasteiger partial charge in [0.2, 0.25) is 0 Å². The summed E-state index contributed by atoms with van der Waals surface area (Å²) < 4.78 is 0. The zero-order chi connectivity index (χ0) is 18.3. The van der Waals surface area contributed by atoms with Crippen LogP contribution < -0.4 is 5.32 Å². The van der Waals surface area contributed by atoms with E-state index >= 15 is 0 Å². The maximum atomic E-state index is 13.1. The first-order valence-corrected chi connectivity index (χ1v) is 11.0. The first kappa shape index (κ1) is 17.7. The second-order valence-electron chi connectivity index (χ2n) is 7.73. The molecule has 1 unspecified atom stereocenters. The first-order chi connectivity index (χ1) is 12.5. The molecule has 2 nitrogen and oxygen atoms in total. The number of hydrogen-bond donors (Lipinski definition) is 1. The molecule has 1 aliphatic carbocycles. The minimum Gasteiger partial charge on any atom is -0.358 e. The number of carbonyl (C=O) groups is 1. The lowest BCUT2D eigenvalue weighted by molar-refractivity contribution is -0.118. The van der Waals surface area contributed by atoms with Crippen molar-refractivity contribution in [3.05, 3.63) is 65.4 Å². The highest BCUT2D eigenvalue weighted by Crippen LogP contribution is 2.51. The molecule has 0 saturated heterocycles. The van der Waals surface area contributed by atoms with Crippen molar-refractivity contribution in [2.45, 2.75) is 41.7 Å². The van der Waals surface area contributed by atoms with Crippen molar-refractivity contribution in [1.29, 1.82) is 0 Å². The Morgan fingerprint density at radius 3 is 2.54 bits per heavy atom. The molecule has 0 aromatic heterocycles. The molecule has 2 aliphatic rings. The Morgan fingerprint density at radius 2 is 1.81 bits per heavy atom. The quantitative estimate of drug-likeness (QED) is 0.617. The number of rotatable bonds is 2. The van der Waals surface area contributed by atoms with Gasteiger partial charge in [0, 0.05) is 27.5 Å². The molecule has 1 N–H and O–H groups in total. The van der Waals surface area contributed by atoms with E-state index in [4.69, 9.17) is 0 Å². The number of ketones is 1. The van der Waals surface area contributed by atoms with Crippen molar-refractivity contribution in [3.8, 4) is 0 Å². The van der Waals surface area contributed by atoms with E-state index in [1.165, 1.54) is 15.4 Å². The molecule has 134 valence electrons. The fourth-order valence-corrected chi connectivity index (χ4v) is 5.54. The van der Waals surface area contributed by atoms with Crippen LogP contribution in [0.15, 0.2) is 69.6 Å². The van der Waals surface area contributed by atoms with Gasteiger partial charge < -0.3 is 5.32 Å². The van der Waals surface area contributed by atoms with Gasteiger partial charge in [0.15, 0.2) is 5.78 Å². The molecule has 0 fully saturated rings. The summed E-state index contributed by atoms with van der Waals surface area (Å²) in [5.74, 6) is 0.281. The topological polar surface area (TPSA) is 29.1 Å². The van der Waals surface area contributed by atoms with Crippen molar-refractivity contribution in [1.82, 2.24) is 0 Å². The van der Waals surface area contributed by atoms with Gasteiger partial charge in [0.1, 0.15) is 0 Å². The molecular weight excluding hydrogens is 358 g/mol. The minimum absolute atomic E-state index is 0.000124. The summed E-state index contributed by atoms with van der Waals surface area (Å²) in [7, 11) is 0. The van der Waals surface area contributed by atoms with Gasteiger partial charge in [-0.1, -0.05) is 38.1 Å². The summed E-state index contributed by atoms with van der Waals surface area (Å²) in [6.07, 6.45) is 3.61. The summed E-state index contributed by atoms with van der Waals surface area (Å²) in [5.41, 5.74) is 4.37. The summed E-state index contributed by atoms with van der Waals surface area (Å²) in [6, 6.07) is 17.0. The van der Waals surface area contributed by atoms with Crippen LogP contribution >= 0.6 is 23.5 Å².